The van der Waals surface area contributed by atoms with Gasteiger partial charge in [-0.15, -0.1) is 0 Å². The highest BCUT2D eigenvalue weighted by Gasteiger charge is 2.33. The van der Waals surface area contributed by atoms with Crippen molar-refractivity contribution >= 4 is 21.7 Å². The van der Waals surface area contributed by atoms with Gasteiger partial charge in [0.2, 0.25) is 0 Å². The highest BCUT2D eigenvalue weighted by atomic mass is 32.2. The summed E-state index contributed by atoms with van der Waals surface area (Å²) in [6.07, 6.45) is 0.461. The summed E-state index contributed by atoms with van der Waals surface area (Å²) in [7, 11) is -1.43. The van der Waals surface area contributed by atoms with Crippen molar-refractivity contribution in [3.05, 3.63) is 35.4 Å². The van der Waals surface area contributed by atoms with Gasteiger partial charge >= 0.3 is 0 Å². The van der Waals surface area contributed by atoms with E-state index in [0.29, 0.717) is 30.6 Å². The molecule has 24 heavy (non-hydrogen) atoms. The average molecular weight is 352 g/mol. The molecule has 6 nitrogen and oxygen atoms in total. The lowest BCUT2D eigenvalue weighted by molar-refractivity contribution is 0.0747. The van der Waals surface area contributed by atoms with E-state index in [0.717, 1.165) is 0 Å². The first-order valence-electron chi connectivity index (χ1n) is 8.16. The van der Waals surface area contributed by atoms with E-state index in [9.17, 15) is 18.0 Å². The van der Waals surface area contributed by atoms with E-state index in [-0.39, 0.29) is 29.4 Å². The van der Waals surface area contributed by atoms with E-state index in [2.05, 4.69) is 0 Å². The van der Waals surface area contributed by atoms with Crippen LogP contribution in [0.3, 0.4) is 0 Å². The van der Waals surface area contributed by atoms with Crippen LogP contribution < -0.4 is 0 Å². The molecular weight excluding hydrogens is 328 g/mol. The summed E-state index contributed by atoms with van der Waals surface area (Å²) in [6, 6.07) is 6.31. The zero-order valence-corrected chi connectivity index (χ0v) is 15.2. The number of benzene rings is 1. The van der Waals surface area contributed by atoms with E-state index in [1.807, 2.05) is 13.8 Å². The van der Waals surface area contributed by atoms with Gasteiger partial charge in [-0.05, 0) is 38.5 Å². The molecule has 1 aromatic carbocycles. The van der Waals surface area contributed by atoms with Gasteiger partial charge in [0.25, 0.3) is 11.8 Å². The van der Waals surface area contributed by atoms with Crippen LogP contribution >= 0.6 is 0 Å². The fourth-order valence-corrected chi connectivity index (χ4v) is 4.70. The molecule has 1 fully saturated rings. The van der Waals surface area contributed by atoms with Crippen molar-refractivity contribution in [3.8, 4) is 0 Å². The summed E-state index contributed by atoms with van der Waals surface area (Å²) in [5.74, 6) is -0.240. The van der Waals surface area contributed by atoms with E-state index >= 15 is 0 Å². The third-order valence-corrected chi connectivity index (χ3v) is 6.23. The molecule has 0 aromatic heterocycles. The molecule has 1 aliphatic rings. The van der Waals surface area contributed by atoms with Gasteiger partial charge in [-0.2, -0.15) is 0 Å². The number of sulfone groups is 1. The minimum Gasteiger partial charge on any atom is -0.339 e. The summed E-state index contributed by atoms with van der Waals surface area (Å²) in [5, 5.41) is 0. The molecule has 1 unspecified atom stereocenters. The Morgan fingerprint density at radius 2 is 1.71 bits per heavy atom. The highest BCUT2D eigenvalue weighted by Crippen LogP contribution is 2.19. The zero-order chi connectivity index (χ0) is 17.9. The molecule has 2 amide bonds. The van der Waals surface area contributed by atoms with Gasteiger partial charge < -0.3 is 9.80 Å². The lowest BCUT2D eigenvalue weighted by atomic mass is 10.1. The number of hydrogen-bond donors (Lipinski definition) is 0. The second-order valence-corrected chi connectivity index (χ2v) is 8.26. The minimum atomic E-state index is -3.05. The largest absolute Gasteiger partial charge is 0.339 e. The number of rotatable bonds is 5. The predicted molar refractivity (Wildman–Crippen MR) is 92.8 cm³/mol. The molecular formula is C17H24N2O4S. The Balaban J connectivity index is 2.19. The van der Waals surface area contributed by atoms with Gasteiger partial charge in [0.15, 0.2) is 9.84 Å². The van der Waals surface area contributed by atoms with Crippen LogP contribution in [0, 0.1) is 0 Å². The monoisotopic (exact) mass is 352 g/mol. The van der Waals surface area contributed by atoms with Crippen LogP contribution in [0.2, 0.25) is 0 Å². The number of nitrogens with zero attached hydrogens (tertiary/aromatic N) is 2. The molecule has 132 valence electrons. The molecule has 7 heteroatoms. The first-order valence-corrected chi connectivity index (χ1v) is 9.98. The molecule has 1 saturated heterocycles. The van der Waals surface area contributed by atoms with E-state index in [1.54, 1.807) is 36.2 Å². The van der Waals surface area contributed by atoms with Crippen LogP contribution in [-0.2, 0) is 9.84 Å². The van der Waals surface area contributed by atoms with Crippen LogP contribution in [0.5, 0.6) is 0 Å². The second-order valence-electron chi connectivity index (χ2n) is 6.03. The molecule has 0 spiro atoms. The standard InChI is InChI=1S/C17H24N2O4S/c1-4-19(5-2)17(21)14-8-6-7-13(11-14)16(20)18(3)15-9-10-24(22,23)12-15/h6-8,11,15H,4-5,9-10,12H2,1-3H3. The Hall–Kier alpha value is -1.89. The number of hydrogen-bond acceptors (Lipinski definition) is 4. The van der Waals surface area contributed by atoms with Crippen molar-refractivity contribution in [2.24, 2.45) is 0 Å². The molecule has 0 N–H and O–H groups in total. The van der Waals surface area contributed by atoms with E-state index in [1.165, 1.54) is 4.90 Å². The molecule has 2 rings (SSSR count). The minimum absolute atomic E-state index is 0.00725. The fourth-order valence-electron chi connectivity index (χ4n) is 2.93. The quantitative estimate of drug-likeness (QED) is 0.803. The molecule has 0 saturated carbocycles. The third-order valence-electron chi connectivity index (χ3n) is 4.48. The summed E-state index contributed by atoms with van der Waals surface area (Å²) >= 11 is 0. The third kappa shape index (κ3) is 3.95. The second kappa shape index (κ2) is 7.34. The highest BCUT2D eigenvalue weighted by molar-refractivity contribution is 7.91. The van der Waals surface area contributed by atoms with Crippen LogP contribution in [0.15, 0.2) is 24.3 Å². The molecule has 1 aliphatic heterocycles. The smallest absolute Gasteiger partial charge is 0.253 e. The van der Waals surface area contributed by atoms with Gasteiger partial charge in [0, 0.05) is 37.3 Å². The first kappa shape index (κ1) is 18.4. The topological polar surface area (TPSA) is 74.8 Å². The maximum Gasteiger partial charge on any atom is 0.253 e. The molecule has 1 heterocycles. The Morgan fingerprint density at radius 1 is 1.12 bits per heavy atom. The number of carbonyl (C=O) groups excluding carboxylic acids is 2. The number of carbonyl (C=O) groups is 2. The zero-order valence-electron chi connectivity index (χ0n) is 14.4. The molecule has 0 aliphatic carbocycles. The maximum atomic E-state index is 12.6. The Bertz CT molecular complexity index is 726. The lowest BCUT2D eigenvalue weighted by Gasteiger charge is -2.24. The van der Waals surface area contributed by atoms with Gasteiger partial charge in [0.05, 0.1) is 11.5 Å². The van der Waals surface area contributed by atoms with Crippen molar-refractivity contribution in [2.45, 2.75) is 26.3 Å². The van der Waals surface area contributed by atoms with Gasteiger partial charge in [-0.3, -0.25) is 9.59 Å². The van der Waals surface area contributed by atoms with Crippen LogP contribution in [-0.4, -0.2) is 67.7 Å². The van der Waals surface area contributed by atoms with Crippen molar-refractivity contribution in [1.82, 2.24) is 9.80 Å². The van der Waals surface area contributed by atoms with E-state index in [4.69, 9.17) is 0 Å². The molecule has 1 aromatic rings. The van der Waals surface area contributed by atoms with Crippen LogP contribution in [0.4, 0.5) is 0 Å². The van der Waals surface area contributed by atoms with Gasteiger partial charge in [-0.25, -0.2) is 8.42 Å². The summed E-state index contributed by atoms with van der Waals surface area (Å²) in [6.45, 7) is 5.02. The number of amides is 2. The van der Waals surface area contributed by atoms with Crippen LogP contribution in [0.25, 0.3) is 0 Å². The first-order chi connectivity index (χ1) is 11.3. The average Bonchev–Trinajstić information content (AvgIpc) is 2.94. The van der Waals surface area contributed by atoms with Crippen molar-refractivity contribution < 1.29 is 18.0 Å². The summed E-state index contributed by atoms with van der Waals surface area (Å²) in [5.41, 5.74) is 0.872. The lowest BCUT2D eigenvalue weighted by Crippen LogP contribution is -2.38. The van der Waals surface area contributed by atoms with Gasteiger partial charge in [-0.1, -0.05) is 6.07 Å². The van der Waals surface area contributed by atoms with Crippen molar-refractivity contribution in [1.29, 1.82) is 0 Å². The summed E-state index contributed by atoms with van der Waals surface area (Å²) < 4.78 is 23.2. The predicted octanol–water partition coefficient (Wildman–Crippen LogP) is 1.43. The molecule has 0 radical (unpaired) electrons. The maximum absolute atomic E-state index is 12.6. The molecule has 0 bridgehead atoms. The van der Waals surface area contributed by atoms with E-state index < -0.39 is 9.84 Å². The Morgan fingerprint density at radius 3 is 2.21 bits per heavy atom. The van der Waals surface area contributed by atoms with Gasteiger partial charge in [0.1, 0.15) is 0 Å². The van der Waals surface area contributed by atoms with Crippen molar-refractivity contribution in [2.75, 3.05) is 31.6 Å². The Kier molecular flexibility index (Phi) is 5.64. The fraction of sp³-hybridized carbons (Fsp3) is 0.529. The normalized spacial score (nSPS) is 19.0. The summed E-state index contributed by atoms with van der Waals surface area (Å²) in [4.78, 5) is 28.2. The molecule has 1 atom stereocenters. The van der Waals surface area contributed by atoms with Crippen molar-refractivity contribution in [3.63, 3.8) is 0 Å². The Labute approximate surface area is 143 Å². The van der Waals surface area contributed by atoms with Crippen LogP contribution in [0.1, 0.15) is 41.0 Å². The SMILES string of the molecule is CCN(CC)C(=O)c1cccc(C(=O)N(C)C2CCS(=O)(=O)C2)c1.